The molecule has 0 spiro atoms. The van der Waals surface area contributed by atoms with Crippen LogP contribution in [0.5, 0.6) is 0 Å². The highest BCUT2D eigenvalue weighted by Gasteiger charge is 2.31. The normalized spacial score (nSPS) is 20.5. The van der Waals surface area contributed by atoms with Gasteiger partial charge in [-0.15, -0.1) is 0 Å². The van der Waals surface area contributed by atoms with Gasteiger partial charge in [0.2, 0.25) is 0 Å². The van der Waals surface area contributed by atoms with Crippen LogP contribution in [0.2, 0.25) is 5.02 Å². The van der Waals surface area contributed by atoms with E-state index in [4.69, 9.17) is 21.3 Å². The van der Waals surface area contributed by atoms with Crippen LogP contribution in [-0.4, -0.2) is 35.9 Å². The minimum atomic E-state index is -0.527. The Kier molecular flexibility index (Phi) is 5.41. The van der Waals surface area contributed by atoms with E-state index in [0.717, 1.165) is 18.4 Å². The highest BCUT2D eigenvalue weighted by Crippen LogP contribution is 2.39. The molecular weight excluding hydrogens is 471 g/mol. The zero-order chi connectivity index (χ0) is 24.3. The first-order valence-electron chi connectivity index (χ1n) is 11.8. The smallest absolute Gasteiger partial charge is 0.279 e. The van der Waals surface area contributed by atoms with Gasteiger partial charge >= 0.3 is 0 Å². The van der Waals surface area contributed by atoms with Crippen LogP contribution in [0.15, 0.2) is 35.4 Å². The van der Waals surface area contributed by atoms with Gasteiger partial charge in [-0.25, -0.2) is 19.3 Å². The lowest BCUT2D eigenvalue weighted by molar-refractivity contribution is 0.00397. The fourth-order valence-electron chi connectivity index (χ4n) is 4.64. The van der Waals surface area contributed by atoms with Gasteiger partial charge in [-0.1, -0.05) is 11.6 Å². The van der Waals surface area contributed by atoms with Gasteiger partial charge in [0, 0.05) is 41.9 Å². The standard InChI is InChI=1S/C25H24ClFN6O2/c1-13-29-22-21(18-6-3-16(26)10-19(18)27)30-24(31-23(22)25(34)32(13)2)14-7-8-35-20(9-14)15-11-28-33(12-15)17-4-5-17/h3,6,10-12,14,17,20H,4-5,7-9H2,1-2H3/t14-,20-/m1/s1. The molecule has 0 radical (unpaired) electrons. The fourth-order valence-corrected chi connectivity index (χ4v) is 4.80. The van der Waals surface area contributed by atoms with E-state index in [1.54, 1.807) is 26.1 Å². The molecular formula is C25H24ClFN6O2. The van der Waals surface area contributed by atoms with Crippen molar-refractivity contribution in [3.63, 3.8) is 0 Å². The SMILES string of the molecule is Cc1nc2c(-c3ccc(Cl)cc3F)nc([C@@H]3CCO[C@@H](c4cnn(C5CC5)c4)C3)nc2c(=O)n1C. The van der Waals surface area contributed by atoms with E-state index < -0.39 is 5.82 Å². The number of hydrogen-bond acceptors (Lipinski definition) is 6. The van der Waals surface area contributed by atoms with Crippen molar-refractivity contribution in [2.45, 2.75) is 50.7 Å². The summed E-state index contributed by atoms with van der Waals surface area (Å²) in [6, 6.07) is 4.90. The predicted octanol–water partition coefficient (Wildman–Crippen LogP) is 4.66. The third-order valence-corrected chi connectivity index (χ3v) is 7.15. The molecule has 4 heterocycles. The summed E-state index contributed by atoms with van der Waals surface area (Å²) in [4.78, 5) is 27.2. The summed E-state index contributed by atoms with van der Waals surface area (Å²) in [6.45, 7) is 2.25. The number of halogens is 2. The predicted molar refractivity (Wildman–Crippen MR) is 129 cm³/mol. The maximum absolute atomic E-state index is 15.0. The van der Waals surface area contributed by atoms with Crippen LogP contribution in [0.3, 0.4) is 0 Å². The van der Waals surface area contributed by atoms with Crippen molar-refractivity contribution >= 4 is 22.6 Å². The molecule has 10 heteroatoms. The van der Waals surface area contributed by atoms with E-state index >= 15 is 0 Å². The Balaban J connectivity index is 1.45. The quantitative estimate of drug-likeness (QED) is 0.410. The minimum Gasteiger partial charge on any atom is -0.373 e. The van der Waals surface area contributed by atoms with Gasteiger partial charge in [0.15, 0.2) is 5.52 Å². The number of hydrogen-bond donors (Lipinski definition) is 0. The molecule has 1 aliphatic carbocycles. The van der Waals surface area contributed by atoms with Crippen LogP contribution >= 0.6 is 11.6 Å². The van der Waals surface area contributed by atoms with Gasteiger partial charge < -0.3 is 4.74 Å². The van der Waals surface area contributed by atoms with Crippen molar-refractivity contribution in [2.75, 3.05) is 6.61 Å². The van der Waals surface area contributed by atoms with Gasteiger partial charge in [-0.2, -0.15) is 5.10 Å². The lowest BCUT2D eigenvalue weighted by atomic mass is 9.92. The third kappa shape index (κ3) is 4.02. The molecule has 2 fully saturated rings. The Morgan fingerprint density at radius 2 is 1.97 bits per heavy atom. The zero-order valence-electron chi connectivity index (χ0n) is 19.4. The van der Waals surface area contributed by atoms with Crippen molar-refractivity contribution in [1.82, 2.24) is 29.3 Å². The highest BCUT2D eigenvalue weighted by atomic mass is 35.5. The van der Waals surface area contributed by atoms with Crippen molar-refractivity contribution in [3.8, 4) is 11.3 Å². The second kappa shape index (κ2) is 8.49. The van der Waals surface area contributed by atoms with E-state index in [9.17, 15) is 9.18 Å². The van der Waals surface area contributed by atoms with Gasteiger partial charge in [0.25, 0.3) is 5.56 Å². The molecule has 0 bridgehead atoms. The first-order chi connectivity index (χ1) is 16.9. The van der Waals surface area contributed by atoms with Gasteiger partial charge in [0.05, 0.1) is 18.3 Å². The lowest BCUT2D eigenvalue weighted by Gasteiger charge is -2.28. The monoisotopic (exact) mass is 494 g/mol. The van der Waals surface area contributed by atoms with E-state index in [1.807, 2.05) is 10.9 Å². The molecule has 4 aromatic rings. The number of rotatable bonds is 4. The number of aromatic nitrogens is 6. The summed E-state index contributed by atoms with van der Waals surface area (Å²) in [5.41, 5.74) is 1.73. The molecule has 8 nitrogen and oxygen atoms in total. The Morgan fingerprint density at radius 3 is 2.74 bits per heavy atom. The number of ether oxygens (including phenoxy) is 1. The molecule has 1 aromatic carbocycles. The van der Waals surface area contributed by atoms with Crippen molar-refractivity contribution < 1.29 is 9.13 Å². The maximum Gasteiger partial charge on any atom is 0.279 e. The Hall–Kier alpha value is -3.17. The van der Waals surface area contributed by atoms with Crippen molar-refractivity contribution in [1.29, 1.82) is 0 Å². The van der Waals surface area contributed by atoms with Crippen LogP contribution in [0.25, 0.3) is 22.3 Å². The van der Waals surface area contributed by atoms with Gasteiger partial charge in [-0.3, -0.25) is 14.0 Å². The third-order valence-electron chi connectivity index (χ3n) is 6.92. The zero-order valence-corrected chi connectivity index (χ0v) is 20.2. The Morgan fingerprint density at radius 1 is 1.14 bits per heavy atom. The fraction of sp³-hybridized carbons (Fsp3) is 0.400. The molecule has 1 saturated carbocycles. The number of aryl methyl sites for hydroxylation is 1. The summed E-state index contributed by atoms with van der Waals surface area (Å²) in [7, 11) is 1.65. The number of fused-ring (bicyclic) bond motifs is 1. The summed E-state index contributed by atoms with van der Waals surface area (Å²) in [6.07, 6.45) is 7.44. The molecule has 0 N–H and O–H groups in total. The molecule has 2 aliphatic rings. The molecule has 35 heavy (non-hydrogen) atoms. The topological polar surface area (TPSA) is 87.7 Å². The van der Waals surface area contributed by atoms with Gasteiger partial charge in [0.1, 0.15) is 28.7 Å². The molecule has 1 saturated heterocycles. The van der Waals surface area contributed by atoms with Crippen LogP contribution < -0.4 is 5.56 Å². The highest BCUT2D eigenvalue weighted by molar-refractivity contribution is 6.30. The van der Waals surface area contributed by atoms with E-state index in [-0.39, 0.29) is 39.2 Å². The Labute approximate surface area is 205 Å². The van der Waals surface area contributed by atoms with E-state index in [0.29, 0.717) is 42.8 Å². The molecule has 0 amide bonds. The number of nitrogens with zero attached hydrogens (tertiary/aromatic N) is 6. The van der Waals surface area contributed by atoms with Gasteiger partial charge in [-0.05, 0) is 50.8 Å². The van der Waals surface area contributed by atoms with E-state index in [1.165, 1.54) is 10.6 Å². The van der Waals surface area contributed by atoms with Crippen molar-refractivity contribution in [3.05, 3.63) is 69.0 Å². The van der Waals surface area contributed by atoms with Crippen molar-refractivity contribution in [2.24, 2.45) is 7.05 Å². The lowest BCUT2D eigenvalue weighted by Crippen LogP contribution is -2.25. The average molecular weight is 495 g/mol. The second-order valence-corrected chi connectivity index (χ2v) is 9.78. The molecule has 6 rings (SSSR count). The maximum atomic E-state index is 15.0. The minimum absolute atomic E-state index is 0.0671. The van der Waals surface area contributed by atoms with E-state index in [2.05, 4.69) is 21.3 Å². The molecule has 3 aromatic heterocycles. The summed E-state index contributed by atoms with van der Waals surface area (Å²) >= 11 is 5.98. The first kappa shape index (κ1) is 22.3. The number of benzene rings is 1. The average Bonchev–Trinajstić information content (AvgIpc) is 3.59. The van der Waals surface area contributed by atoms with Crippen LogP contribution in [0.1, 0.15) is 61.0 Å². The molecule has 1 aliphatic heterocycles. The van der Waals surface area contributed by atoms with Crippen LogP contribution in [0.4, 0.5) is 4.39 Å². The summed E-state index contributed by atoms with van der Waals surface area (Å²) in [5, 5.41) is 4.77. The second-order valence-electron chi connectivity index (χ2n) is 9.34. The van der Waals surface area contributed by atoms with Crippen LogP contribution in [0, 0.1) is 12.7 Å². The molecule has 180 valence electrons. The summed E-state index contributed by atoms with van der Waals surface area (Å²) in [5.74, 6) is 0.393. The molecule has 2 atom stereocenters. The van der Waals surface area contributed by atoms with Crippen LogP contribution in [-0.2, 0) is 11.8 Å². The Bertz CT molecular complexity index is 1510. The first-order valence-corrected chi connectivity index (χ1v) is 12.1. The summed E-state index contributed by atoms with van der Waals surface area (Å²) < 4.78 is 24.5. The molecule has 0 unspecified atom stereocenters. The largest absolute Gasteiger partial charge is 0.373 e.